The van der Waals surface area contributed by atoms with Gasteiger partial charge in [0.2, 0.25) is 5.56 Å². The van der Waals surface area contributed by atoms with Crippen LogP contribution >= 0.6 is 0 Å². The first-order valence-corrected chi connectivity index (χ1v) is 4.64. The van der Waals surface area contributed by atoms with Crippen LogP contribution in [0.15, 0.2) is 18.2 Å². The van der Waals surface area contributed by atoms with E-state index in [1.807, 2.05) is 0 Å². The predicted molar refractivity (Wildman–Crippen MR) is 59.6 cm³/mol. The van der Waals surface area contributed by atoms with Crippen molar-refractivity contribution in [2.75, 3.05) is 0 Å². The second-order valence-corrected chi connectivity index (χ2v) is 3.43. The van der Waals surface area contributed by atoms with Crippen molar-refractivity contribution in [1.29, 1.82) is 0 Å². The normalized spacial score (nSPS) is 10.8. The number of hydrogen-bond donors (Lipinski definition) is 1. The quantitative estimate of drug-likeness (QED) is 0.443. The molecular formula is C7H5N5O8. The van der Waals surface area contributed by atoms with E-state index in [0.29, 0.717) is 12.1 Å². The molecule has 0 aromatic heterocycles. The smallest absolute Gasteiger partial charge is 0.258 e. The van der Waals surface area contributed by atoms with Crippen LogP contribution in [0.25, 0.3) is 0 Å². The minimum Gasteiger partial charge on any atom is -0.258 e. The Balaban J connectivity index is 3.81. The van der Waals surface area contributed by atoms with E-state index in [1.165, 1.54) is 0 Å². The van der Waals surface area contributed by atoms with E-state index in [1.54, 1.807) is 0 Å². The van der Waals surface area contributed by atoms with Crippen molar-refractivity contribution >= 4 is 11.4 Å². The molecule has 1 rings (SSSR count). The highest BCUT2D eigenvalue weighted by atomic mass is 16.7. The fourth-order valence-electron chi connectivity index (χ4n) is 1.43. The number of para-hydroxylation sites is 1. The van der Waals surface area contributed by atoms with Crippen LogP contribution in [-0.4, -0.2) is 19.7 Å². The number of benzene rings is 1. The van der Waals surface area contributed by atoms with E-state index >= 15 is 0 Å². The zero-order valence-electron chi connectivity index (χ0n) is 9.36. The van der Waals surface area contributed by atoms with Crippen LogP contribution in [0.1, 0.15) is 5.56 Å². The first-order chi connectivity index (χ1) is 9.13. The summed E-state index contributed by atoms with van der Waals surface area (Å²) < 4.78 is 0. The topological polar surface area (TPSA) is 199 Å². The maximum absolute atomic E-state index is 10.8. The maximum atomic E-state index is 10.8. The Hall–Kier alpha value is -3.22. The Morgan fingerprint density at radius 3 is 1.75 bits per heavy atom. The predicted octanol–water partition coefficient (Wildman–Crippen LogP) is 0.125. The molecule has 0 fully saturated rings. The Kier molecular flexibility index (Phi) is 3.57. The SMILES string of the molecule is NC(c1cccc([N+](=O)[O-])c1[N+](=O)[O-])([N+](=O)[O-])[N+](=O)[O-]. The van der Waals surface area contributed by atoms with E-state index < -0.39 is 42.4 Å². The van der Waals surface area contributed by atoms with Gasteiger partial charge in [0.05, 0.1) is 9.85 Å². The van der Waals surface area contributed by atoms with Gasteiger partial charge in [-0.05, 0) is 6.07 Å². The first-order valence-electron chi connectivity index (χ1n) is 4.64. The Bertz CT molecular complexity index is 614. The molecular weight excluding hydrogens is 282 g/mol. The number of nitro groups is 4. The van der Waals surface area contributed by atoms with Crippen molar-refractivity contribution in [3.05, 3.63) is 64.2 Å². The summed E-state index contributed by atoms with van der Waals surface area (Å²) >= 11 is 0. The summed E-state index contributed by atoms with van der Waals surface area (Å²) in [7, 11) is 0. The Morgan fingerprint density at radius 1 is 0.900 bits per heavy atom. The van der Waals surface area contributed by atoms with Crippen LogP contribution < -0.4 is 5.73 Å². The van der Waals surface area contributed by atoms with E-state index in [-0.39, 0.29) is 0 Å². The fraction of sp³-hybridized carbons (Fsp3) is 0.143. The highest BCUT2D eigenvalue weighted by Gasteiger charge is 2.60. The van der Waals surface area contributed by atoms with Gasteiger partial charge in [-0.25, -0.2) is 0 Å². The van der Waals surface area contributed by atoms with Crippen molar-refractivity contribution in [3.63, 3.8) is 0 Å². The number of hydrogen-bond acceptors (Lipinski definition) is 9. The fourth-order valence-corrected chi connectivity index (χ4v) is 1.43. The van der Waals surface area contributed by atoms with E-state index in [4.69, 9.17) is 5.73 Å². The van der Waals surface area contributed by atoms with Crippen LogP contribution in [0.4, 0.5) is 11.4 Å². The molecule has 2 N–H and O–H groups in total. The highest BCUT2D eigenvalue weighted by molar-refractivity contribution is 5.58. The number of nitrogens with two attached hydrogens (primary N) is 1. The molecule has 106 valence electrons. The summed E-state index contributed by atoms with van der Waals surface area (Å²) in [5.74, 6) is -3.56. The van der Waals surface area contributed by atoms with Gasteiger partial charge >= 0.3 is 17.2 Å². The van der Waals surface area contributed by atoms with Crippen molar-refractivity contribution < 1.29 is 19.7 Å². The summed E-state index contributed by atoms with van der Waals surface area (Å²) in [6, 6.07) is 2.13. The van der Waals surface area contributed by atoms with Crippen LogP contribution in [-0.2, 0) is 5.79 Å². The number of rotatable bonds is 5. The minimum atomic E-state index is -3.56. The van der Waals surface area contributed by atoms with Gasteiger partial charge in [0.1, 0.15) is 9.85 Å². The molecule has 0 radical (unpaired) electrons. The lowest BCUT2D eigenvalue weighted by atomic mass is 10.1. The molecule has 0 amide bonds. The molecule has 1 aromatic carbocycles. The molecule has 20 heavy (non-hydrogen) atoms. The molecule has 13 nitrogen and oxygen atoms in total. The average molecular weight is 287 g/mol. The van der Waals surface area contributed by atoms with E-state index in [9.17, 15) is 40.5 Å². The zero-order valence-corrected chi connectivity index (χ0v) is 9.36. The molecule has 0 aliphatic heterocycles. The molecule has 13 heteroatoms. The summed E-state index contributed by atoms with van der Waals surface area (Å²) in [6.07, 6.45) is 0. The molecule has 0 spiro atoms. The average Bonchev–Trinajstić information content (AvgIpc) is 2.35. The van der Waals surface area contributed by atoms with Crippen molar-refractivity contribution in [1.82, 2.24) is 0 Å². The molecule has 0 atom stereocenters. The van der Waals surface area contributed by atoms with Crippen molar-refractivity contribution in [2.24, 2.45) is 5.73 Å². The monoisotopic (exact) mass is 287 g/mol. The third kappa shape index (κ3) is 2.07. The molecule has 0 heterocycles. The van der Waals surface area contributed by atoms with Gasteiger partial charge in [0.15, 0.2) is 0 Å². The maximum Gasteiger partial charge on any atom is 0.552 e. The Morgan fingerprint density at radius 2 is 1.40 bits per heavy atom. The zero-order chi connectivity index (χ0) is 15.7. The van der Waals surface area contributed by atoms with Gasteiger partial charge in [-0.1, -0.05) is 6.07 Å². The molecule has 0 unspecified atom stereocenters. The second kappa shape index (κ2) is 4.81. The summed E-state index contributed by atoms with van der Waals surface area (Å²) in [6.45, 7) is 0. The minimum absolute atomic E-state index is 0.622. The highest BCUT2D eigenvalue weighted by Crippen LogP contribution is 2.36. The molecule has 0 bridgehead atoms. The summed E-state index contributed by atoms with van der Waals surface area (Å²) in [4.78, 5) is 37.4. The lowest BCUT2D eigenvalue weighted by Gasteiger charge is -2.11. The summed E-state index contributed by atoms with van der Waals surface area (Å²) in [5.41, 5.74) is 1.27. The van der Waals surface area contributed by atoms with Gasteiger partial charge in [-0.15, -0.1) is 0 Å². The first kappa shape index (κ1) is 14.8. The van der Waals surface area contributed by atoms with Gasteiger partial charge < -0.3 is 0 Å². The number of nitrogens with zero attached hydrogens (tertiary/aromatic N) is 4. The van der Waals surface area contributed by atoms with E-state index in [2.05, 4.69) is 0 Å². The third-order valence-corrected chi connectivity index (χ3v) is 2.35. The van der Waals surface area contributed by atoms with Gasteiger partial charge in [0, 0.05) is 6.07 Å². The Labute approximate surface area is 108 Å². The van der Waals surface area contributed by atoms with Crippen LogP contribution in [0.5, 0.6) is 0 Å². The second-order valence-electron chi connectivity index (χ2n) is 3.43. The molecule has 0 aliphatic carbocycles. The molecule has 0 saturated heterocycles. The van der Waals surface area contributed by atoms with Crippen LogP contribution in [0, 0.1) is 40.5 Å². The van der Waals surface area contributed by atoms with Crippen molar-refractivity contribution in [3.8, 4) is 0 Å². The lowest BCUT2D eigenvalue weighted by molar-refractivity contribution is -0.810. The number of nitro benzene ring substituents is 2. The van der Waals surface area contributed by atoms with E-state index in [0.717, 1.165) is 6.07 Å². The summed E-state index contributed by atoms with van der Waals surface area (Å²) in [5, 5.41) is 43.0. The molecule has 0 saturated carbocycles. The lowest BCUT2D eigenvalue weighted by Crippen LogP contribution is -2.51. The van der Waals surface area contributed by atoms with Gasteiger partial charge in [0.25, 0.3) is 0 Å². The largest absolute Gasteiger partial charge is 0.552 e. The molecule has 1 aromatic rings. The standard InChI is InChI=1S/C7H5N5O8/c8-7(11(17)18,12(19)20)4-2-1-3-5(9(13)14)6(4)10(15)16/h1-3H,8H2. The van der Waals surface area contributed by atoms with Gasteiger partial charge in [-0.2, -0.15) is 5.73 Å². The third-order valence-electron chi connectivity index (χ3n) is 2.35. The van der Waals surface area contributed by atoms with Crippen LogP contribution in [0.3, 0.4) is 0 Å². The van der Waals surface area contributed by atoms with Crippen molar-refractivity contribution in [2.45, 2.75) is 5.79 Å². The van der Waals surface area contributed by atoms with Gasteiger partial charge in [-0.3, -0.25) is 40.5 Å². The van der Waals surface area contributed by atoms with Crippen LogP contribution in [0.2, 0.25) is 0 Å². The molecule has 0 aliphatic rings.